The van der Waals surface area contributed by atoms with Crippen molar-refractivity contribution < 1.29 is 15.3 Å². The van der Waals surface area contributed by atoms with Gasteiger partial charge in [0.15, 0.2) is 0 Å². The molecule has 0 aliphatic heterocycles. The van der Waals surface area contributed by atoms with Crippen molar-refractivity contribution in [1.82, 2.24) is 5.32 Å². The summed E-state index contributed by atoms with van der Waals surface area (Å²) in [4.78, 5) is 0. The lowest BCUT2D eigenvalue weighted by Gasteiger charge is -2.08. The van der Waals surface area contributed by atoms with Gasteiger partial charge in [-0.3, -0.25) is 0 Å². The maximum Gasteiger partial charge on any atom is 0.115 e. The van der Waals surface area contributed by atoms with Crippen molar-refractivity contribution in [1.29, 1.82) is 0 Å². The van der Waals surface area contributed by atoms with E-state index in [4.69, 9.17) is 15.3 Å². The summed E-state index contributed by atoms with van der Waals surface area (Å²) in [5.41, 5.74) is 0.940. The van der Waals surface area contributed by atoms with Crippen LogP contribution in [0.4, 0.5) is 0 Å². The highest BCUT2D eigenvalue weighted by molar-refractivity contribution is 5.26. The van der Waals surface area contributed by atoms with E-state index in [1.54, 1.807) is 18.2 Å². The molecule has 0 saturated heterocycles. The van der Waals surface area contributed by atoms with Crippen LogP contribution in [0.15, 0.2) is 24.3 Å². The molecular formula is C10H15NO3. The van der Waals surface area contributed by atoms with Crippen LogP contribution in [-0.4, -0.2) is 34.6 Å². The van der Waals surface area contributed by atoms with E-state index in [2.05, 4.69) is 5.32 Å². The molecule has 4 N–H and O–H groups in total. The van der Waals surface area contributed by atoms with Crippen LogP contribution in [0.5, 0.6) is 5.75 Å². The molecular weight excluding hydrogens is 182 g/mol. The third-order valence-corrected chi connectivity index (χ3v) is 1.83. The lowest BCUT2D eigenvalue weighted by atomic mass is 10.2. The second-order valence-electron chi connectivity index (χ2n) is 3.14. The maximum absolute atomic E-state index is 9.15. The summed E-state index contributed by atoms with van der Waals surface area (Å²) in [7, 11) is 0. The van der Waals surface area contributed by atoms with Crippen molar-refractivity contribution in [2.75, 3.05) is 13.2 Å². The Bertz CT molecular complexity index is 278. The minimum absolute atomic E-state index is 0.229. The first kappa shape index (κ1) is 11.0. The smallest absolute Gasteiger partial charge is 0.115 e. The lowest BCUT2D eigenvalue weighted by molar-refractivity contribution is 0.0942. The number of phenolic OH excluding ortho intramolecular Hbond substituents is 1. The number of aromatic hydroxyl groups is 1. The monoisotopic (exact) mass is 197 g/mol. The molecule has 0 amide bonds. The molecule has 1 unspecified atom stereocenters. The maximum atomic E-state index is 9.15. The van der Waals surface area contributed by atoms with E-state index in [1.807, 2.05) is 6.07 Å². The van der Waals surface area contributed by atoms with E-state index < -0.39 is 6.10 Å². The Labute approximate surface area is 82.8 Å². The molecule has 0 aliphatic rings. The van der Waals surface area contributed by atoms with Gasteiger partial charge in [-0.05, 0) is 17.7 Å². The van der Waals surface area contributed by atoms with Crippen molar-refractivity contribution in [3.8, 4) is 5.75 Å². The van der Waals surface area contributed by atoms with E-state index in [1.165, 1.54) is 0 Å². The second kappa shape index (κ2) is 5.59. The standard InChI is InChI=1S/C10H15NO3/c12-7-10(14)6-11-5-8-2-1-3-9(13)4-8/h1-4,10-14H,5-7H2. The van der Waals surface area contributed by atoms with Crippen molar-refractivity contribution >= 4 is 0 Å². The van der Waals surface area contributed by atoms with Gasteiger partial charge in [0.05, 0.1) is 12.7 Å². The molecule has 0 spiro atoms. The highest BCUT2D eigenvalue weighted by Gasteiger charge is 2.00. The number of rotatable bonds is 5. The van der Waals surface area contributed by atoms with Gasteiger partial charge in [0.2, 0.25) is 0 Å². The summed E-state index contributed by atoms with van der Waals surface area (Å²) >= 11 is 0. The lowest BCUT2D eigenvalue weighted by Crippen LogP contribution is -2.28. The van der Waals surface area contributed by atoms with E-state index in [0.717, 1.165) is 5.56 Å². The summed E-state index contributed by atoms with van der Waals surface area (Å²) in [5, 5.41) is 29.7. The zero-order valence-corrected chi connectivity index (χ0v) is 7.85. The van der Waals surface area contributed by atoms with Crippen LogP contribution >= 0.6 is 0 Å². The Morgan fingerprint density at radius 3 is 2.79 bits per heavy atom. The van der Waals surface area contributed by atoms with E-state index >= 15 is 0 Å². The topological polar surface area (TPSA) is 72.7 Å². The molecule has 1 rings (SSSR count). The zero-order valence-electron chi connectivity index (χ0n) is 7.85. The molecule has 1 atom stereocenters. The fraction of sp³-hybridized carbons (Fsp3) is 0.400. The molecule has 78 valence electrons. The Balaban J connectivity index is 2.31. The average Bonchev–Trinajstić information content (AvgIpc) is 2.17. The number of aliphatic hydroxyl groups is 2. The molecule has 0 aliphatic carbocycles. The van der Waals surface area contributed by atoms with Gasteiger partial charge in [-0.25, -0.2) is 0 Å². The predicted molar refractivity (Wildman–Crippen MR) is 52.9 cm³/mol. The highest BCUT2D eigenvalue weighted by atomic mass is 16.3. The Morgan fingerprint density at radius 2 is 2.14 bits per heavy atom. The zero-order chi connectivity index (χ0) is 10.4. The fourth-order valence-electron chi connectivity index (χ4n) is 1.11. The van der Waals surface area contributed by atoms with E-state index in [-0.39, 0.29) is 12.4 Å². The molecule has 0 bridgehead atoms. The van der Waals surface area contributed by atoms with Gasteiger partial charge in [0.25, 0.3) is 0 Å². The summed E-state index contributed by atoms with van der Waals surface area (Å²) in [6, 6.07) is 6.89. The van der Waals surface area contributed by atoms with Gasteiger partial charge in [0, 0.05) is 13.1 Å². The summed E-state index contributed by atoms with van der Waals surface area (Å²) in [5.74, 6) is 0.229. The van der Waals surface area contributed by atoms with Gasteiger partial charge >= 0.3 is 0 Å². The summed E-state index contributed by atoms with van der Waals surface area (Å²) < 4.78 is 0. The number of nitrogens with one attached hydrogen (secondary N) is 1. The predicted octanol–water partition coefficient (Wildman–Crippen LogP) is -0.165. The molecule has 0 heterocycles. The van der Waals surface area contributed by atoms with Crippen LogP contribution < -0.4 is 5.32 Å². The minimum Gasteiger partial charge on any atom is -0.508 e. The quantitative estimate of drug-likeness (QED) is 0.529. The molecule has 4 heteroatoms. The van der Waals surface area contributed by atoms with Crippen LogP contribution in [0, 0.1) is 0 Å². The molecule has 0 saturated carbocycles. The van der Waals surface area contributed by atoms with Gasteiger partial charge in [-0.2, -0.15) is 0 Å². The van der Waals surface area contributed by atoms with Crippen molar-refractivity contribution in [2.24, 2.45) is 0 Å². The van der Waals surface area contributed by atoms with Gasteiger partial charge in [-0.1, -0.05) is 12.1 Å². The van der Waals surface area contributed by atoms with Crippen LogP contribution in [0.25, 0.3) is 0 Å². The first-order valence-corrected chi connectivity index (χ1v) is 4.50. The molecule has 0 fully saturated rings. The van der Waals surface area contributed by atoms with Crippen molar-refractivity contribution in [3.63, 3.8) is 0 Å². The highest BCUT2D eigenvalue weighted by Crippen LogP contribution is 2.10. The van der Waals surface area contributed by atoms with E-state index in [9.17, 15) is 0 Å². The summed E-state index contributed by atoms with van der Waals surface area (Å²) in [6.07, 6.45) is -0.729. The Hall–Kier alpha value is -1.10. The second-order valence-corrected chi connectivity index (χ2v) is 3.14. The van der Waals surface area contributed by atoms with Crippen molar-refractivity contribution in [3.05, 3.63) is 29.8 Å². The normalized spacial score (nSPS) is 12.7. The Kier molecular flexibility index (Phi) is 4.39. The van der Waals surface area contributed by atoms with Crippen LogP contribution in [-0.2, 0) is 6.54 Å². The first-order chi connectivity index (χ1) is 6.72. The first-order valence-electron chi connectivity index (χ1n) is 4.50. The third-order valence-electron chi connectivity index (χ3n) is 1.83. The third kappa shape index (κ3) is 3.74. The van der Waals surface area contributed by atoms with Gasteiger partial charge < -0.3 is 20.6 Å². The molecule has 4 nitrogen and oxygen atoms in total. The van der Waals surface area contributed by atoms with Crippen molar-refractivity contribution in [2.45, 2.75) is 12.6 Å². The van der Waals surface area contributed by atoms with E-state index in [0.29, 0.717) is 13.1 Å². The van der Waals surface area contributed by atoms with Crippen LogP contribution in [0.3, 0.4) is 0 Å². The largest absolute Gasteiger partial charge is 0.508 e. The molecule has 14 heavy (non-hydrogen) atoms. The number of hydrogen-bond acceptors (Lipinski definition) is 4. The molecule has 0 aromatic heterocycles. The SMILES string of the molecule is OCC(O)CNCc1cccc(O)c1. The Morgan fingerprint density at radius 1 is 1.36 bits per heavy atom. The number of aliphatic hydroxyl groups excluding tert-OH is 2. The van der Waals surface area contributed by atoms with Gasteiger partial charge in [-0.15, -0.1) is 0 Å². The number of benzene rings is 1. The molecule has 1 aromatic rings. The number of phenols is 1. The fourth-order valence-corrected chi connectivity index (χ4v) is 1.11. The van der Waals surface area contributed by atoms with Crippen LogP contribution in [0.2, 0.25) is 0 Å². The molecule has 1 aromatic carbocycles. The molecule has 0 radical (unpaired) electrons. The minimum atomic E-state index is -0.729. The summed E-state index contributed by atoms with van der Waals surface area (Å²) in [6.45, 7) is 0.657. The van der Waals surface area contributed by atoms with Gasteiger partial charge in [0.1, 0.15) is 5.75 Å². The number of hydrogen-bond donors (Lipinski definition) is 4. The average molecular weight is 197 g/mol. The van der Waals surface area contributed by atoms with Crippen LogP contribution in [0.1, 0.15) is 5.56 Å².